The molecule has 0 spiro atoms. The molecular formula is C13H11NOS. The van der Waals surface area contributed by atoms with Gasteiger partial charge in [0, 0.05) is 16.0 Å². The lowest BCUT2D eigenvalue weighted by Gasteiger charge is -2.01. The highest BCUT2D eigenvalue weighted by atomic mass is 32.2. The normalized spacial score (nSPS) is 10.1. The summed E-state index contributed by atoms with van der Waals surface area (Å²) in [5.74, 6) is 0.0363. The van der Waals surface area contributed by atoms with Crippen LogP contribution < -0.4 is 5.14 Å². The molecule has 3 heteroatoms. The van der Waals surface area contributed by atoms with Crippen LogP contribution in [-0.4, -0.2) is 5.78 Å². The van der Waals surface area contributed by atoms with Crippen molar-refractivity contribution in [1.82, 2.24) is 0 Å². The van der Waals surface area contributed by atoms with Gasteiger partial charge in [0.25, 0.3) is 0 Å². The molecule has 0 saturated heterocycles. The van der Waals surface area contributed by atoms with Crippen LogP contribution in [0, 0.1) is 0 Å². The second-order valence-electron chi connectivity index (χ2n) is 3.34. The van der Waals surface area contributed by atoms with Crippen LogP contribution in [0.1, 0.15) is 15.9 Å². The Balaban J connectivity index is 2.28. The van der Waals surface area contributed by atoms with Crippen LogP contribution in [0.2, 0.25) is 0 Å². The minimum absolute atomic E-state index is 0.0363. The fourth-order valence-corrected chi connectivity index (χ4v) is 1.73. The molecule has 0 fully saturated rings. The number of ketones is 1. The molecule has 80 valence electrons. The number of hydrogen-bond donors (Lipinski definition) is 1. The molecule has 2 aromatic rings. The first-order chi connectivity index (χ1) is 7.81. The summed E-state index contributed by atoms with van der Waals surface area (Å²) in [7, 11) is 0. The number of benzene rings is 2. The van der Waals surface area contributed by atoms with E-state index in [2.05, 4.69) is 0 Å². The molecule has 0 bridgehead atoms. The third-order valence-electron chi connectivity index (χ3n) is 2.29. The predicted octanol–water partition coefficient (Wildman–Crippen LogP) is 2.88. The van der Waals surface area contributed by atoms with Gasteiger partial charge in [0.1, 0.15) is 0 Å². The van der Waals surface area contributed by atoms with Crippen molar-refractivity contribution < 1.29 is 4.79 Å². The molecule has 0 atom stereocenters. The Morgan fingerprint density at radius 2 is 1.44 bits per heavy atom. The minimum Gasteiger partial charge on any atom is -0.289 e. The number of carbonyl (C=O) groups is 1. The Labute approximate surface area is 98.6 Å². The van der Waals surface area contributed by atoms with Crippen molar-refractivity contribution in [3.63, 3.8) is 0 Å². The van der Waals surface area contributed by atoms with E-state index < -0.39 is 0 Å². The van der Waals surface area contributed by atoms with E-state index in [1.54, 1.807) is 12.1 Å². The summed E-state index contributed by atoms with van der Waals surface area (Å²) in [6.45, 7) is 0. The first-order valence-corrected chi connectivity index (χ1v) is 5.76. The van der Waals surface area contributed by atoms with E-state index >= 15 is 0 Å². The number of nitrogens with two attached hydrogens (primary N) is 1. The molecule has 0 aliphatic rings. The van der Waals surface area contributed by atoms with Crippen LogP contribution in [-0.2, 0) is 0 Å². The third kappa shape index (κ3) is 2.32. The number of hydrogen-bond acceptors (Lipinski definition) is 3. The van der Waals surface area contributed by atoms with Crippen molar-refractivity contribution in [3.8, 4) is 0 Å². The van der Waals surface area contributed by atoms with Crippen LogP contribution in [0.25, 0.3) is 0 Å². The molecule has 2 rings (SSSR count). The highest BCUT2D eigenvalue weighted by Gasteiger charge is 2.07. The fourth-order valence-electron chi connectivity index (χ4n) is 1.44. The molecule has 0 aromatic heterocycles. The van der Waals surface area contributed by atoms with Crippen molar-refractivity contribution in [2.75, 3.05) is 0 Å². The van der Waals surface area contributed by atoms with E-state index in [1.807, 2.05) is 42.5 Å². The Morgan fingerprint density at radius 1 is 0.875 bits per heavy atom. The fraction of sp³-hybridized carbons (Fsp3) is 0. The Kier molecular flexibility index (Phi) is 3.39. The van der Waals surface area contributed by atoms with Gasteiger partial charge in [0.15, 0.2) is 5.78 Å². The maximum absolute atomic E-state index is 12.0. The largest absolute Gasteiger partial charge is 0.289 e. The molecule has 0 aliphatic carbocycles. The molecule has 16 heavy (non-hydrogen) atoms. The van der Waals surface area contributed by atoms with Crippen molar-refractivity contribution in [1.29, 1.82) is 0 Å². The minimum atomic E-state index is 0.0363. The van der Waals surface area contributed by atoms with Gasteiger partial charge in [-0.3, -0.25) is 9.93 Å². The zero-order valence-electron chi connectivity index (χ0n) is 8.59. The maximum Gasteiger partial charge on any atom is 0.193 e. The number of carbonyl (C=O) groups excluding carboxylic acids is 1. The average Bonchev–Trinajstić information content (AvgIpc) is 2.39. The van der Waals surface area contributed by atoms with Crippen LogP contribution in [0.15, 0.2) is 59.5 Å². The van der Waals surface area contributed by atoms with Gasteiger partial charge >= 0.3 is 0 Å². The molecule has 0 saturated carbocycles. The topological polar surface area (TPSA) is 43.1 Å². The smallest absolute Gasteiger partial charge is 0.193 e. The van der Waals surface area contributed by atoms with Gasteiger partial charge in [-0.15, -0.1) is 0 Å². The van der Waals surface area contributed by atoms with E-state index in [4.69, 9.17) is 5.14 Å². The molecular weight excluding hydrogens is 218 g/mol. The Hall–Kier alpha value is -1.58. The van der Waals surface area contributed by atoms with Gasteiger partial charge < -0.3 is 0 Å². The lowest BCUT2D eigenvalue weighted by Crippen LogP contribution is -2.00. The monoisotopic (exact) mass is 229 g/mol. The van der Waals surface area contributed by atoms with Gasteiger partial charge in [0.05, 0.1) is 0 Å². The van der Waals surface area contributed by atoms with Crippen molar-refractivity contribution >= 4 is 17.7 Å². The molecule has 0 amide bonds. The van der Waals surface area contributed by atoms with E-state index in [0.29, 0.717) is 11.1 Å². The van der Waals surface area contributed by atoms with Gasteiger partial charge in [-0.1, -0.05) is 30.3 Å². The third-order valence-corrected chi connectivity index (χ3v) is 2.83. The molecule has 0 aliphatic heterocycles. The van der Waals surface area contributed by atoms with Gasteiger partial charge in [-0.05, 0) is 36.2 Å². The molecule has 2 nitrogen and oxygen atoms in total. The summed E-state index contributed by atoms with van der Waals surface area (Å²) in [5, 5.41) is 5.42. The first kappa shape index (κ1) is 10.9. The second kappa shape index (κ2) is 4.96. The van der Waals surface area contributed by atoms with E-state index in [1.165, 1.54) is 11.9 Å². The Bertz CT molecular complexity index is 479. The van der Waals surface area contributed by atoms with Gasteiger partial charge in [0.2, 0.25) is 0 Å². The summed E-state index contributed by atoms with van der Waals surface area (Å²) < 4.78 is 0. The van der Waals surface area contributed by atoms with Crippen molar-refractivity contribution in [2.45, 2.75) is 4.90 Å². The Morgan fingerprint density at radius 3 is 2.00 bits per heavy atom. The molecule has 0 unspecified atom stereocenters. The second-order valence-corrected chi connectivity index (χ2v) is 4.04. The summed E-state index contributed by atoms with van der Waals surface area (Å²) in [5.41, 5.74) is 1.39. The molecule has 2 aromatic carbocycles. The average molecular weight is 229 g/mol. The highest BCUT2D eigenvalue weighted by Crippen LogP contribution is 2.15. The summed E-state index contributed by atoms with van der Waals surface area (Å²) in [6, 6.07) is 16.5. The lowest BCUT2D eigenvalue weighted by atomic mass is 10.0. The zero-order chi connectivity index (χ0) is 11.4. The van der Waals surface area contributed by atoms with E-state index in [9.17, 15) is 4.79 Å². The standard InChI is InChI=1S/C13H11NOS/c14-16-12-8-6-11(7-9-12)13(15)10-4-2-1-3-5-10/h1-9H,14H2. The quantitative estimate of drug-likeness (QED) is 0.650. The van der Waals surface area contributed by atoms with E-state index in [-0.39, 0.29) is 5.78 Å². The summed E-state index contributed by atoms with van der Waals surface area (Å²) >= 11 is 1.17. The molecule has 2 N–H and O–H groups in total. The highest BCUT2D eigenvalue weighted by molar-refractivity contribution is 7.97. The SMILES string of the molecule is NSc1ccc(C(=O)c2ccccc2)cc1. The zero-order valence-corrected chi connectivity index (χ0v) is 9.41. The van der Waals surface area contributed by atoms with Crippen LogP contribution in [0.5, 0.6) is 0 Å². The summed E-state index contributed by atoms with van der Waals surface area (Å²) in [6.07, 6.45) is 0. The predicted molar refractivity (Wildman–Crippen MR) is 66.4 cm³/mol. The van der Waals surface area contributed by atoms with Gasteiger partial charge in [-0.2, -0.15) is 0 Å². The van der Waals surface area contributed by atoms with Crippen molar-refractivity contribution in [2.24, 2.45) is 5.14 Å². The maximum atomic E-state index is 12.0. The van der Waals surface area contributed by atoms with Crippen LogP contribution in [0.4, 0.5) is 0 Å². The van der Waals surface area contributed by atoms with Crippen molar-refractivity contribution in [3.05, 3.63) is 65.7 Å². The first-order valence-electron chi connectivity index (χ1n) is 4.88. The number of rotatable bonds is 3. The van der Waals surface area contributed by atoms with Crippen LogP contribution >= 0.6 is 11.9 Å². The summed E-state index contributed by atoms with van der Waals surface area (Å²) in [4.78, 5) is 13.0. The van der Waals surface area contributed by atoms with E-state index in [0.717, 1.165) is 4.90 Å². The molecule has 0 heterocycles. The molecule has 0 radical (unpaired) electrons. The van der Waals surface area contributed by atoms with Gasteiger partial charge in [-0.25, -0.2) is 0 Å². The van der Waals surface area contributed by atoms with Crippen LogP contribution in [0.3, 0.4) is 0 Å². The lowest BCUT2D eigenvalue weighted by molar-refractivity contribution is 0.103.